The summed E-state index contributed by atoms with van der Waals surface area (Å²) < 4.78 is 11.2. The number of aromatic carboxylic acids is 1. The molecule has 0 heterocycles. The molecule has 0 unspecified atom stereocenters. The number of phenolic OH excluding ortho intramolecular Hbond substituents is 1. The van der Waals surface area contributed by atoms with Crippen LogP contribution in [0.1, 0.15) is 15.9 Å². The minimum absolute atomic E-state index is 0.0257. The Hall–Kier alpha value is -5.29. The first-order chi connectivity index (χ1) is 19.5. The SMILES string of the molecule is COc1ccc(-c2c3ccccc3c(-c3ccc(COc4cc(O)cc(C(=O)O)c4)cc3)c3ccccc23)cc1. The zero-order chi connectivity index (χ0) is 27.6. The molecular formula is C35H26O5. The number of hydrogen-bond acceptors (Lipinski definition) is 4. The monoisotopic (exact) mass is 526 g/mol. The lowest BCUT2D eigenvalue weighted by atomic mass is 9.86. The van der Waals surface area contributed by atoms with Gasteiger partial charge in [-0.25, -0.2) is 4.79 Å². The van der Waals surface area contributed by atoms with Gasteiger partial charge in [-0.05, 0) is 73.6 Å². The minimum Gasteiger partial charge on any atom is -0.508 e. The molecule has 0 spiro atoms. The summed E-state index contributed by atoms with van der Waals surface area (Å²) in [6, 6.07) is 37.4. The first kappa shape index (κ1) is 25.0. The maximum absolute atomic E-state index is 11.3. The summed E-state index contributed by atoms with van der Waals surface area (Å²) in [4.78, 5) is 11.3. The van der Waals surface area contributed by atoms with Gasteiger partial charge in [0.15, 0.2) is 0 Å². The number of hydrogen-bond donors (Lipinski definition) is 2. The molecule has 2 N–H and O–H groups in total. The third kappa shape index (κ3) is 4.69. The number of methoxy groups -OCH3 is 1. The number of aromatic hydroxyl groups is 1. The molecule has 0 saturated carbocycles. The number of carboxylic acid groups (broad SMARTS) is 1. The molecule has 6 aromatic carbocycles. The van der Waals surface area contributed by atoms with Gasteiger partial charge in [-0.15, -0.1) is 0 Å². The Bertz CT molecular complexity index is 1800. The summed E-state index contributed by atoms with van der Waals surface area (Å²) in [7, 11) is 1.67. The van der Waals surface area contributed by atoms with Crippen LogP contribution in [0.25, 0.3) is 43.8 Å². The van der Waals surface area contributed by atoms with Crippen LogP contribution >= 0.6 is 0 Å². The topological polar surface area (TPSA) is 76.0 Å². The van der Waals surface area contributed by atoms with Crippen LogP contribution in [-0.2, 0) is 6.61 Å². The number of benzene rings is 6. The maximum Gasteiger partial charge on any atom is 0.335 e. The highest BCUT2D eigenvalue weighted by Gasteiger charge is 2.16. The molecular weight excluding hydrogens is 500 g/mol. The highest BCUT2D eigenvalue weighted by molar-refractivity contribution is 6.21. The van der Waals surface area contributed by atoms with Crippen molar-refractivity contribution in [2.45, 2.75) is 6.61 Å². The van der Waals surface area contributed by atoms with Crippen molar-refractivity contribution in [1.82, 2.24) is 0 Å². The van der Waals surface area contributed by atoms with E-state index in [1.807, 2.05) is 24.3 Å². The fraction of sp³-hybridized carbons (Fsp3) is 0.0571. The average molecular weight is 527 g/mol. The van der Waals surface area contributed by atoms with Crippen LogP contribution in [0.5, 0.6) is 17.2 Å². The molecule has 6 rings (SSSR count). The molecule has 0 amide bonds. The number of carbonyl (C=O) groups is 1. The Labute approximate surface area is 231 Å². The van der Waals surface area contributed by atoms with E-state index in [-0.39, 0.29) is 17.9 Å². The maximum atomic E-state index is 11.3. The number of ether oxygens (including phenoxy) is 2. The number of carboxylic acids is 1. The fourth-order valence-corrected chi connectivity index (χ4v) is 5.23. The van der Waals surface area contributed by atoms with E-state index in [1.54, 1.807) is 7.11 Å². The standard InChI is InChI=1S/C35H26O5/c1-39-27-16-14-24(15-17-27)34-31-8-4-2-6-29(31)33(30-7-3-5-9-32(30)34)23-12-10-22(11-13-23)21-40-28-19-25(35(37)38)18-26(36)20-28/h2-20,36H,21H2,1H3,(H,37,38). The Morgan fingerprint density at radius 1 is 0.650 bits per heavy atom. The van der Waals surface area contributed by atoms with Crippen molar-refractivity contribution in [3.8, 4) is 39.5 Å². The molecule has 196 valence electrons. The van der Waals surface area contributed by atoms with Gasteiger partial charge in [0.25, 0.3) is 0 Å². The Morgan fingerprint density at radius 2 is 1.15 bits per heavy atom. The Kier molecular flexibility index (Phi) is 6.54. The van der Waals surface area contributed by atoms with Crippen LogP contribution in [0.3, 0.4) is 0 Å². The highest BCUT2D eigenvalue weighted by atomic mass is 16.5. The van der Waals surface area contributed by atoms with Crippen LogP contribution in [0, 0.1) is 0 Å². The number of fused-ring (bicyclic) bond motifs is 2. The van der Waals surface area contributed by atoms with E-state index in [0.717, 1.165) is 38.8 Å². The summed E-state index contributed by atoms with van der Waals surface area (Å²) in [5.41, 5.74) is 5.47. The molecule has 5 heteroatoms. The molecule has 0 aromatic heterocycles. The van der Waals surface area contributed by atoms with Crippen LogP contribution < -0.4 is 9.47 Å². The van der Waals surface area contributed by atoms with Crippen molar-refractivity contribution in [1.29, 1.82) is 0 Å². The van der Waals surface area contributed by atoms with Crippen LogP contribution in [0.15, 0.2) is 115 Å². The summed E-state index contributed by atoms with van der Waals surface area (Å²) in [5, 5.41) is 23.8. The van der Waals surface area contributed by atoms with Gasteiger partial charge in [0.2, 0.25) is 0 Å². The Balaban J connectivity index is 1.40. The van der Waals surface area contributed by atoms with E-state index < -0.39 is 5.97 Å². The second kappa shape index (κ2) is 10.5. The highest BCUT2D eigenvalue weighted by Crippen LogP contribution is 2.43. The third-order valence-corrected chi connectivity index (χ3v) is 7.10. The predicted octanol–water partition coefficient (Wildman–Crippen LogP) is 8.32. The van der Waals surface area contributed by atoms with Crippen molar-refractivity contribution in [3.05, 3.63) is 126 Å². The van der Waals surface area contributed by atoms with E-state index in [1.165, 1.54) is 34.5 Å². The number of rotatable bonds is 7. The van der Waals surface area contributed by atoms with Crippen LogP contribution in [0.4, 0.5) is 0 Å². The van der Waals surface area contributed by atoms with Gasteiger partial charge >= 0.3 is 5.97 Å². The molecule has 5 nitrogen and oxygen atoms in total. The lowest BCUT2D eigenvalue weighted by Crippen LogP contribution is -1.99. The minimum atomic E-state index is -1.12. The lowest BCUT2D eigenvalue weighted by Gasteiger charge is -2.18. The van der Waals surface area contributed by atoms with Crippen molar-refractivity contribution in [2.75, 3.05) is 7.11 Å². The molecule has 0 fully saturated rings. The van der Waals surface area contributed by atoms with Gasteiger partial charge in [0, 0.05) is 6.07 Å². The average Bonchev–Trinajstić information content (AvgIpc) is 2.99. The molecule has 0 atom stereocenters. The molecule has 0 bridgehead atoms. The molecule has 40 heavy (non-hydrogen) atoms. The third-order valence-electron chi connectivity index (χ3n) is 7.10. The summed E-state index contributed by atoms with van der Waals surface area (Å²) in [6.07, 6.45) is 0. The molecule has 0 saturated heterocycles. The number of phenols is 1. The summed E-state index contributed by atoms with van der Waals surface area (Å²) >= 11 is 0. The van der Waals surface area contributed by atoms with Crippen molar-refractivity contribution in [3.63, 3.8) is 0 Å². The van der Waals surface area contributed by atoms with E-state index >= 15 is 0 Å². The van der Waals surface area contributed by atoms with Gasteiger partial charge < -0.3 is 19.7 Å². The second-order valence-electron chi connectivity index (χ2n) is 9.58. The zero-order valence-electron chi connectivity index (χ0n) is 21.8. The largest absolute Gasteiger partial charge is 0.508 e. The van der Waals surface area contributed by atoms with Crippen molar-refractivity contribution >= 4 is 27.5 Å². The molecule has 6 aromatic rings. The Morgan fingerprint density at radius 3 is 1.62 bits per heavy atom. The van der Waals surface area contributed by atoms with Gasteiger partial charge in [-0.1, -0.05) is 84.9 Å². The summed E-state index contributed by atoms with van der Waals surface area (Å²) in [5.74, 6) is -0.151. The van der Waals surface area contributed by atoms with E-state index in [2.05, 4.69) is 72.8 Å². The smallest absolute Gasteiger partial charge is 0.335 e. The molecule has 0 aliphatic carbocycles. The van der Waals surface area contributed by atoms with Crippen LogP contribution in [0.2, 0.25) is 0 Å². The van der Waals surface area contributed by atoms with Gasteiger partial charge in [-0.3, -0.25) is 0 Å². The van der Waals surface area contributed by atoms with Gasteiger partial charge in [0.1, 0.15) is 23.9 Å². The van der Waals surface area contributed by atoms with Gasteiger partial charge in [-0.2, -0.15) is 0 Å². The lowest BCUT2D eigenvalue weighted by molar-refractivity contribution is 0.0695. The summed E-state index contributed by atoms with van der Waals surface area (Å²) in [6.45, 7) is 0.237. The van der Waals surface area contributed by atoms with E-state index in [9.17, 15) is 15.0 Å². The fourth-order valence-electron chi connectivity index (χ4n) is 5.23. The second-order valence-corrected chi connectivity index (χ2v) is 9.58. The zero-order valence-corrected chi connectivity index (χ0v) is 21.8. The quantitative estimate of drug-likeness (QED) is 0.205. The first-order valence-electron chi connectivity index (χ1n) is 12.9. The molecule has 0 aliphatic heterocycles. The molecule has 0 aliphatic rings. The molecule has 0 radical (unpaired) electrons. The first-order valence-corrected chi connectivity index (χ1v) is 12.9. The normalized spacial score (nSPS) is 11.0. The van der Waals surface area contributed by atoms with Crippen molar-refractivity contribution in [2.24, 2.45) is 0 Å². The van der Waals surface area contributed by atoms with E-state index in [4.69, 9.17) is 9.47 Å². The van der Waals surface area contributed by atoms with Crippen molar-refractivity contribution < 1.29 is 24.5 Å². The van der Waals surface area contributed by atoms with E-state index in [0.29, 0.717) is 5.75 Å². The predicted molar refractivity (Wildman–Crippen MR) is 158 cm³/mol. The van der Waals surface area contributed by atoms with Crippen LogP contribution in [-0.4, -0.2) is 23.3 Å². The van der Waals surface area contributed by atoms with Gasteiger partial charge in [0.05, 0.1) is 12.7 Å².